The van der Waals surface area contributed by atoms with Gasteiger partial charge in [-0.3, -0.25) is 4.79 Å². The number of benzene rings is 1. The number of Topliss-reactive ketones (excluding diaryl/α,β-unsaturated/α-hetero) is 1. The maximum absolute atomic E-state index is 12.1. The second kappa shape index (κ2) is 5.69. The molecule has 0 amide bonds. The molecular weight excluding hydrogens is 258 g/mol. The number of hydrogen-bond acceptors (Lipinski definition) is 5. The van der Waals surface area contributed by atoms with Crippen molar-refractivity contribution in [1.82, 2.24) is 5.16 Å². The molecule has 0 bridgehead atoms. The summed E-state index contributed by atoms with van der Waals surface area (Å²) in [6.45, 7) is 5.16. The average Bonchev–Trinajstić information content (AvgIpc) is 2.85. The Morgan fingerprint density at radius 2 is 1.85 bits per heavy atom. The van der Waals surface area contributed by atoms with Crippen molar-refractivity contribution < 1.29 is 18.8 Å². The van der Waals surface area contributed by atoms with Gasteiger partial charge >= 0.3 is 5.97 Å². The zero-order valence-electron chi connectivity index (χ0n) is 11.5. The lowest BCUT2D eigenvalue weighted by molar-refractivity contribution is 0.0281. The zero-order valence-corrected chi connectivity index (χ0v) is 11.5. The van der Waals surface area contributed by atoms with Crippen LogP contribution in [-0.2, 0) is 4.74 Å². The second-order valence-corrected chi connectivity index (χ2v) is 4.61. The van der Waals surface area contributed by atoms with E-state index in [0.717, 1.165) is 5.56 Å². The van der Waals surface area contributed by atoms with Gasteiger partial charge in [-0.2, -0.15) is 0 Å². The Bertz CT molecular complexity index is 628. The molecule has 1 aromatic heterocycles. The Kier molecular flexibility index (Phi) is 3.98. The van der Waals surface area contributed by atoms with Crippen molar-refractivity contribution in [2.75, 3.05) is 0 Å². The van der Waals surface area contributed by atoms with Gasteiger partial charge in [-0.25, -0.2) is 4.79 Å². The third-order valence-electron chi connectivity index (χ3n) is 2.82. The molecule has 0 spiro atoms. The highest BCUT2D eigenvalue weighted by molar-refractivity contribution is 6.01. The Morgan fingerprint density at radius 1 is 1.20 bits per heavy atom. The van der Waals surface area contributed by atoms with Crippen molar-refractivity contribution >= 4 is 11.8 Å². The molecule has 0 N–H and O–H groups in total. The summed E-state index contributed by atoms with van der Waals surface area (Å²) in [4.78, 5) is 23.9. The Labute approximate surface area is 116 Å². The van der Waals surface area contributed by atoms with Crippen LogP contribution in [0.1, 0.15) is 39.1 Å². The molecule has 20 heavy (non-hydrogen) atoms. The van der Waals surface area contributed by atoms with E-state index < -0.39 is 12.1 Å². The van der Waals surface area contributed by atoms with Crippen molar-refractivity contribution in [3.63, 3.8) is 0 Å². The van der Waals surface area contributed by atoms with Crippen LogP contribution in [-0.4, -0.2) is 23.0 Å². The lowest BCUT2D eigenvalue weighted by atomic mass is 10.1. The van der Waals surface area contributed by atoms with E-state index >= 15 is 0 Å². The van der Waals surface area contributed by atoms with E-state index in [0.29, 0.717) is 11.3 Å². The number of aromatic nitrogens is 1. The number of carbonyl (C=O) groups excluding carboxylic acids is 2. The fourth-order valence-electron chi connectivity index (χ4n) is 1.68. The first-order chi connectivity index (χ1) is 9.47. The SMILES string of the molecule is Cc1ccc(C(=O)[C@H](C)OC(=O)c2cc(C)no2)cc1. The van der Waals surface area contributed by atoms with Crippen molar-refractivity contribution in [1.29, 1.82) is 0 Å². The molecule has 0 aliphatic carbocycles. The fraction of sp³-hybridized carbons (Fsp3) is 0.267. The molecule has 0 unspecified atom stereocenters. The monoisotopic (exact) mass is 273 g/mol. The quantitative estimate of drug-likeness (QED) is 0.632. The normalized spacial score (nSPS) is 11.9. The van der Waals surface area contributed by atoms with Gasteiger partial charge in [0, 0.05) is 11.6 Å². The molecule has 0 aliphatic rings. The molecule has 2 aromatic rings. The highest BCUT2D eigenvalue weighted by Crippen LogP contribution is 2.11. The molecule has 5 nitrogen and oxygen atoms in total. The summed E-state index contributed by atoms with van der Waals surface area (Å²) >= 11 is 0. The largest absolute Gasteiger partial charge is 0.448 e. The van der Waals surface area contributed by atoms with Crippen LogP contribution < -0.4 is 0 Å². The summed E-state index contributed by atoms with van der Waals surface area (Å²) in [7, 11) is 0. The Morgan fingerprint density at radius 3 is 2.40 bits per heavy atom. The number of rotatable bonds is 4. The number of aryl methyl sites for hydroxylation is 2. The molecule has 0 aliphatic heterocycles. The molecule has 0 radical (unpaired) electrons. The van der Waals surface area contributed by atoms with E-state index in [2.05, 4.69) is 5.16 Å². The summed E-state index contributed by atoms with van der Waals surface area (Å²) in [5, 5.41) is 3.60. The van der Waals surface area contributed by atoms with Crippen molar-refractivity contribution in [3.8, 4) is 0 Å². The molecular formula is C15H15NO4. The van der Waals surface area contributed by atoms with Crippen molar-refractivity contribution in [2.45, 2.75) is 26.9 Å². The minimum Gasteiger partial charge on any atom is -0.448 e. The molecule has 1 atom stereocenters. The Hall–Kier alpha value is -2.43. The third kappa shape index (κ3) is 3.12. The minimum absolute atomic E-state index is 0.00828. The van der Waals surface area contributed by atoms with E-state index in [-0.39, 0.29) is 11.5 Å². The predicted molar refractivity (Wildman–Crippen MR) is 71.6 cm³/mol. The molecule has 1 aromatic carbocycles. The lowest BCUT2D eigenvalue weighted by Crippen LogP contribution is -2.24. The number of hydrogen-bond donors (Lipinski definition) is 0. The maximum Gasteiger partial charge on any atom is 0.377 e. The standard InChI is InChI=1S/C15H15NO4/c1-9-4-6-12(7-5-9)14(17)11(3)19-15(18)13-8-10(2)16-20-13/h4-8,11H,1-3H3/t11-/m0/s1. The number of nitrogens with zero attached hydrogens (tertiary/aromatic N) is 1. The lowest BCUT2D eigenvalue weighted by Gasteiger charge is -2.11. The van der Waals surface area contributed by atoms with Crippen LogP contribution in [0.25, 0.3) is 0 Å². The van der Waals surface area contributed by atoms with E-state index in [1.54, 1.807) is 19.1 Å². The summed E-state index contributed by atoms with van der Waals surface area (Å²) in [6, 6.07) is 8.55. The molecule has 104 valence electrons. The smallest absolute Gasteiger partial charge is 0.377 e. The third-order valence-corrected chi connectivity index (χ3v) is 2.82. The van der Waals surface area contributed by atoms with Crippen LogP contribution in [0.4, 0.5) is 0 Å². The van der Waals surface area contributed by atoms with Gasteiger partial charge in [0.15, 0.2) is 6.10 Å². The van der Waals surface area contributed by atoms with Gasteiger partial charge in [0.2, 0.25) is 11.5 Å². The Balaban J connectivity index is 2.04. The first-order valence-electron chi connectivity index (χ1n) is 6.22. The van der Waals surface area contributed by atoms with Crippen LogP contribution in [0.3, 0.4) is 0 Å². The summed E-state index contributed by atoms with van der Waals surface area (Å²) < 4.78 is 9.87. The first-order valence-corrected chi connectivity index (χ1v) is 6.22. The minimum atomic E-state index is -0.879. The maximum atomic E-state index is 12.1. The van der Waals surface area contributed by atoms with E-state index in [1.165, 1.54) is 13.0 Å². The first kappa shape index (κ1) is 14.0. The number of esters is 1. The molecule has 1 heterocycles. The highest BCUT2D eigenvalue weighted by Gasteiger charge is 2.22. The second-order valence-electron chi connectivity index (χ2n) is 4.61. The van der Waals surface area contributed by atoms with Gasteiger partial charge in [0.05, 0.1) is 5.69 Å². The van der Waals surface area contributed by atoms with Crippen LogP contribution in [0.2, 0.25) is 0 Å². The molecule has 5 heteroatoms. The van der Waals surface area contributed by atoms with Gasteiger partial charge in [-0.15, -0.1) is 0 Å². The van der Waals surface area contributed by atoms with Crippen molar-refractivity contribution in [2.24, 2.45) is 0 Å². The fourth-order valence-corrected chi connectivity index (χ4v) is 1.68. The van der Waals surface area contributed by atoms with Gasteiger partial charge in [-0.05, 0) is 20.8 Å². The number of ketones is 1. The van der Waals surface area contributed by atoms with Gasteiger partial charge in [-0.1, -0.05) is 35.0 Å². The molecule has 2 rings (SSSR count). The van der Waals surface area contributed by atoms with Crippen LogP contribution in [0, 0.1) is 13.8 Å². The zero-order chi connectivity index (χ0) is 14.7. The van der Waals surface area contributed by atoms with E-state index in [9.17, 15) is 9.59 Å². The van der Waals surface area contributed by atoms with Gasteiger partial charge < -0.3 is 9.26 Å². The summed E-state index contributed by atoms with van der Waals surface area (Å²) in [5.41, 5.74) is 2.14. The topological polar surface area (TPSA) is 69.4 Å². The number of carbonyl (C=O) groups is 2. The summed E-state index contributed by atoms with van der Waals surface area (Å²) in [6.07, 6.45) is -0.879. The molecule has 0 fully saturated rings. The molecule has 0 saturated carbocycles. The van der Waals surface area contributed by atoms with E-state index in [4.69, 9.17) is 9.26 Å². The van der Waals surface area contributed by atoms with Gasteiger partial charge in [0.25, 0.3) is 0 Å². The molecule has 0 saturated heterocycles. The van der Waals surface area contributed by atoms with Crippen LogP contribution >= 0.6 is 0 Å². The van der Waals surface area contributed by atoms with Gasteiger partial charge in [0.1, 0.15) is 0 Å². The highest BCUT2D eigenvalue weighted by atomic mass is 16.6. The van der Waals surface area contributed by atoms with Crippen LogP contribution in [0.5, 0.6) is 0 Å². The van der Waals surface area contributed by atoms with Crippen LogP contribution in [0.15, 0.2) is 34.9 Å². The summed E-state index contributed by atoms with van der Waals surface area (Å²) in [5.74, 6) is -0.959. The van der Waals surface area contributed by atoms with Crippen molar-refractivity contribution in [3.05, 3.63) is 52.9 Å². The predicted octanol–water partition coefficient (Wildman–Crippen LogP) is 2.72. The number of ether oxygens (including phenoxy) is 1. The van der Waals surface area contributed by atoms with E-state index in [1.807, 2.05) is 19.1 Å². The average molecular weight is 273 g/mol.